The Balaban J connectivity index is 4.40. The van der Waals surface area contributed by atoms with Crippen molar-refractivity contribution in [1.29, 1.82) is 0 Å². The van der Waals surface area contributed by atoms with Crippen molar-refractivity contribution in [3.05, 3.63) is 0 Å². The van der Waals surface area contributed by atoms with Gasteiger partial charge in [-0.05, 0) is 42.7 Å². The second-order valence-corrected chi connectivity index (χ2v) is 19.0. The zero-order valence-corrected chi connectivity index (χ0v) is 18.6. The van der Waals surface area contributed by atoms with Crippen molar-refractivity contribution < 1.29 is 8.85 Å². The molecule has 0 aromatic carbocycles. The standard InChI is InChI=1S/C18H38O2Si2/c1-12-16(15-20-22(10,11)18(5,6)7)13-14-19-21(8,9)17(2,3)4/h1,16H,13-15H2,2-11H3/t16-/m1/s1. The van der Waals surface area contributed by atoms with Gasteiger partial charge in [0.25, 0.3) is 0 Å². The second-order valence-electron chi connectivity index (χ2n) is 9.33. The molecule has 0 fully saturated rings. The second kappa shape index (κ2) is 7.66. The zero-order chi connectivity index (χ0) is 17.8. The molecule has 0 heterocycles. The highest BCUT2D eigenvalue weighted by Crippen LogP contribution is 2.38. The number of hydrogen-bond acceptors (Lipinski definition) is 2. The van der Waals surface area contributed by atoms with Crippen molar-refractivity contribution in [2.24, 2.45) is 5.92 Å². The van der Waals surface area contributed by atoms with Gasteiger partial charge in [0.15, 0.2) is 16.6 Å². The molecule has 22 heavy (non-hydrogen) atoms. The molecular weight excluding hydrogens is 304 g/mol. The van der Waals surface area contributed by atoms with E-state index in [4.69, 9.17) is 15.3 Å². The fourth-order valence-corrected chi connectivity index (χ4v) is 3.53. The first-order valence-electron chi connectivity index (χ1n) is 8.38. The Morgan fingerprint density at radius 3 is 1.64 bits per heavy atom. The summed E-state index contributed by atoms with van der Waals surface area (Å²) in [6.07, 6.45) is 6.57. The summed E-state index contributed by atoms with van der Waals surface area (Å²) in [5.41, 5.74) is 0. The van der Waals surface area contributed by atoms with Crippen LogP contribution in [0.15, 0.2) is 0 Å². The van der Waals surface area contributed by atoms with Gasteiger partial charge < -0.3 is 8.85 Å². The van der Waals surface area contributed by atoms with E-state index in [9.17, 15) is 0 Å². The van der Waals surface area contributed by atoms with Gasteiger partial charge >= 0.3 is 0 Å². The monoisotopic (exact) mass is 342 g/mol. The predicted octanol–water partition coefficient (Wildman–Crippen LogP) is 5.67. The predicted molar refractivity (Wildman–Crippen MR) is 103 cm³/mol. The first-order valence-corrected chi connectivity index (χ1v) is 14.2. The highest BCUT2D eigenvalue weighted by molar-refractivity contribution is 6.74. The number of rotatable bonds is 7. The quantitative estimate of drug-likeness (QED) is 0.438. The van der Waals surface area contributed by atoms with Crippen LogP contribution in [0.3, 0.4) is 0 Å². The molecule has 1 atom stereocenters. The molecule has 0 radical (unpaired) electrons. The zero-order valence-electron chi connectivity index (χ0n) is 16.6. The molecule has 0 saturated heterocycles. The van der Waals surface area contributed by atoms with Crippen molar-refractivity contribution in [2.75, 3.05) is 13.2 Å². The van der Waals surface area contributed by atoms with E-state index in [1.165, 1.54) is 0 Å². The minimum Gasteiger partial charge on any atom is -0.417 e. The minimum absolute atomic E-state index is 0.152. The van der Waals surface area contributed by atoms with Crippen LogP contribution in [0.1, 0.15) is 48.0 Å². The van der Waals surface area contributed by atoms with Crippen molar-refractivity contribution in [2.45, 2.75) is 84.2 Å². The van der Waals surface area contributed by atoms with E-state index < -0.39 is 16.6 Å². The van der Waals surface area contributed by atoms with Crippen LogP contribution in [0.25, 0.3) is 0 Å². The lowest BCUT2D eigenvalue weighted by Gasteiger charge is -2.37. The van der Waals surface area contributed by atoms with Crippen molar-refractivity contribution in [3.63, 3.8) is 0 Å². The normalized spacial score (nSPS) is 15.5. The molecule has 0 spiro atoms. The van der Waals surface area contributed by atoms with Crippen LogP contribution in [-0.2, 0) is 8.85 Å². The van der Waals surface area contributed by atoms with Crippen LogP contribution < -0.4 is 0 Å². The highest BCUT2D eigenvalue weighted by atomic mass is 28.4. The van der Waals surface area contributed by atoms with Gasteiger partial charge in [0.2, 0.25) is 0 Å². The molecule has 0 rings (SSSR count). The molecule has 0 aliphatic rings. The van der Waals surface area contributed by atoms with Gasteiger partial charge in [0.05, 0.1) is 0 Å². The van der Waals surface area contributed by atoms with Crippen molar-refractivity contribution in [1.82, 2.24) is 0 Å². The lowest BCUT2D eigenvalue weighted by molar-refractivity contribution is 0.214. The molecule has 0 aliphatic carbocycles. The summed E-state index contributed by atoms with van der Waals surface area (Å²) in [7, 11) is -3.39. The minimum atomic E-state index is -1.72. The Hall–Kier alpha value is -0.0862. The van der Waals surface area contributed by atoms with Crippen LogP contribution in [0.2, 0.25) is 36.3 Å². The molecule has 4 heteroatoms. The topological polar surface area (TPSA) is 18.5 Å². The SMILES string of the molecule is C#C[C@H](CCO[Si](C)(C)C(C)(C)C)CO[Si](C)(C)C(C)(C)C. The molecule has 0 aromatic rings. The Bertz CT molecular complexity index is 381. The van der Waals surface area contributed by atoms with Crippen LogP contribution >= 0.6 is 0 Å². The smallest absolute Gasteiger partial charge is 0.192 e. The summed E-state index contributed by atoms with van der Waals surface area (Å²) < 4.78 is 12.5. The molecule has 0 saturated carbocycles. The molecule has 0 bridgehead atoms. The summed E-state index contributed by atoms with van der Waals surface area (Å²) in [5, 5.41) is 0.472. The molecule has 2 nitrogen and oxygen atoms in total. The number of hydrogen-bond donors (Lipinski definition) is 0. The van der Waals surface area contributed by atoms with Crippen molar-refractivity contribution in [3.8, 4) is 12.3 Å². The van der Waals surface area contributed by atoms with Gasteiger partial charge in [-0.25, -0.2) is 0 Å². The van der Waals surface area contributed by atoms with Gasteiger partial charge in [-0.2, -0.15) is 0 Å². The van der Waals surface area contributed by atoms with E-state index >= 15 is 0 Å². The first kappa shape index (κ1) is 21.9. The van der Waals surface area contributed by atoms with Gasteiger partial charge in [-0.15, -0.1) is 12.3 Å². The maximum absolute atomic E-state index is 6.25. The summed E-state index contributed by atoms with van der Waals surface area (Å²) in [6, 6.07) is 0. The summed E-state index contributed by atoms with van der Waals surface area (Å²) in [6.45, 7) is 24.1. The molecule has 0 unspecified atom stereocenters. The van der Waals surface area contributed by atoms with Gasteiger partial charge in [0.1, 0.15) is 0 Å². The maximum Gasteiger partial charge on any atom is 0.192 e. The van der Waals surface area contributed by atoms with E-state index in [0.29, 0.717) is 6.61 Å². The lowest BCUT2D eigenvalue weighted by atomic mass is 10.1. The Morgan fingerprint density at radius 2 is 1.27 bits per heavy atom. The largest absolute Gasteiger partial charge is 0.417 e. The van der Waals surface area contributed by atoms with Crippen molar-refractivity contribution >= 4 is 16.6 Å². The molecule has 0 N–H and O–H groups in total. The Labute approximate surface area is 141 Å². The first-order chi connectivity index (χ1) is 9.64. The summed E-state index contributed by atoms with van der Waals surface area (Å²) in [4.78, 5) is 0. The van der Waals surface area contributed by atoms with E-state index in [0.717, 1.165) is 13.0 Å². The molecule has 0 aromatic heterocycles. The maximum atomic E-state index is 6.25. The Morgan fingerprint density at radius 1 is 0.864 bits per heavy atom. The number of terminal acetylenes is 1. The third kappa shape index (κ3) is 6.58. The van der Waals surface area contributed by atoms with Crippen LogP contribution in [0.4, 0.5) is 0 Å². The average molecular weight is 343 g/mol. The molecule has 0 amide bonds. The van der Waals surface area contributed by atoms with E-state index in [-0.39, 0.29) is 16.0 Å². The summed E-state index contributed by atoms with van der Waals surface area (Å²) in [5.74, 6) is 3.04. The van der Waals surface area contributed by atoms with Gasteiger partial charge in [-0.3, -0.25) is 0 Å². The van der Waals surface area contributed by atoms with E-state index in [2.05, 4.69) is 73.7 Å². The molecule has 0 aliphatic heterocycles. The summed E-state index contributed by atoms with van der Waals surface area (Å²) >= 11 is 0. The van der Waals surface area contributed by atoms with Crippen LogP contribution in [0.5, 0.6) is 0 Å². The third-order valence-corrected chi connectivity index (χ3v) is 14.5. The lowest BCUT2D eigenvalue weighted by Crippen LogP contribution is -2.42. The third-order valence-electron chi connectivity index (χ3n) is 5.42. The van der Waals surface area contributed by atoms with Crippen LogP contribution in [-0.4, -0.2) is 29.8 Å². The van der Waals surface area contributed by atoms with E-state index in [1.807, 2.05) is 0 Å². The average Bonchev–Trinajstić information content (AvgIpc) is 2.30. The highest BCUT2D eigenvalue weighted by Gasteiger charge is 2.38. The molecular formula is C18H38O2Si2. The van der Waals surface area contributed by atoms with Gasteiger partial charge in [-0.1, -0.05) is 41.5 Å². The van der Waals surface area contributed by atoms with Crippen LogP contribution in [0, 0.1) is 18.3 Å². The molecule has 130 valence electrons. The fraction of sp³-hybridized carbons (Fsp3) is 0.889. The van der Waals surface area contributed by atoms with Gasteiger partial charge in [0, 0.05) is 19.1 Å². The fourth-order valence-electron chi connectivity index (χ4n) is 1.41. The Kier molecular flexibility index (Phi) is 7.63. The van der Waals surface area contributed by atoms with E-state index in [1.54, 1.807) is 0 Å².